The zero-order chi connectivity index (χ0) is 15.1. The van der Waals surface area contributed by atoms with Crippen LogP contribution in [0.25, 0.3) is 0 Å². The van der Waals surface area contributed by atoms with Gasteiger partial charge in [-0.1, -0.05) is 42.1 Å². The van der Waals surface area contributed by atoms with Crippen molar-refractivity contribution in [1.29, 1.82) is 0 Å². The number of hydrogen-bond acceptors (Lipinski definition) is 4. The number of hydrogen-bond donors (Lipinski definition) is 0. The fourth-order valence-corrected chi connectivity index (χ4v) is 4.46. The lowest BCUT2D eigenvalue weighted by molar-refractivity contribution is -0.118. The molecule has 4 nitrogen and oxygen atoms in total. The van der Waals surface area contributed by atoms with Gasteiger partial charge in [0.15, 0.2) is 0 Å². The first-order valence-corrected chi connectivity index (χ1v) is 8.26. The minimum atomic E-state index is -0.312. The third-order valence-electron chi connectivity index (χ3n) is 4.20. The number of benzene rings is 1. The first-order valence-electron chi connectivity index (χ1n) is 7.44. The highest BCUT2D eigenvalue weighted by Gasteiger charge is 2.41. The van der Waals surface area contributed by atoms with E-state index in [1.54, 1.807) is 36.0 Å². The summed E-state index contributed by atoms with van der Waals surface area (Å²) < 4.78 is 0. The second-order valence-corrected chi connectivity index (χ2v) is 6.72. The van der Waals surface area contributed by atoms with Crippen LogP contribution in [0, 0.1) is 5.92 Å². The molecule has 0 spiro atoms. The Hall–Kier alpha value is -2.01. The van der Waals surface area contributed by atoms with E-state index in [9.17, 15) is 9.59 Å². The average Bonchev–Trinajstić information content (AvgIpc) is 2.93. The second kappa shape index (κ2) is 5.32. The SMILES string of the molecule is O=C(C1=NC(=O)C2C(=N1)SC1=C2CCCC1)c1ccccc1. The molecule has 0 aromatic heterocycles. The number of aliphatic imine (C=N–C) groups is 2. The van der Waals surface area contributed by atoms with Crippen LogP contribution < -0.4 is 0 Å². The van der Waals surface area contributed by atoms with Crippen molar-refractivity contribution < 1.29 is 9.59 Å². The topological polar surface area (TPSA) is 58.9 Å². The highest BCUT2D eigenvalue weighted by molar-refractivity contribution is 8.17. The lowest BCUT2D eigenvalue weighted by atomic mass is 9.89. The van der Waals surface area contributed by atoms with E-state index >= 15 is 0 Å². The van der Waals surface area contributed by atoms with Gasteiger partial charge in [0.05, 0.1) is 5.04 Å². The predicted molar refractivity (Wildman–Crippen MR) is 87.2 cm³/mol. The summed E-state index contributed by atoms with van der Waals surface area (Å²) in [6.07, 6.45) is 4.26. The van der Waals surface area contributed by atoms with Gasteiger partial charge in [-0.2, -0.15) is 4.99 Å². The Kier molecular flexibility index (Phi) is 3.30. The van der Waals surface area contributed by atoms with Gasteiger partial charge in [0.25, 0.3) is 5.91 Å². The van der Waals surface area contributed by atoms with Crippen molar-refractivity contribution in [3.05, 3.63) is 46.4 Å². The number of allylic oxidation sites excluding steroid dienone is 1. The molecule has 0 N–H and O–H groups in total. The van der Waals surface area contributed by atoms with Crippen molar-refractivity contribution in [2.24, 2.45) is 15.9 Å². The second-order valence-electron chi connectivity index (χ2n) is 5.61. The molecule has 0 radical (unpaired) electrons. The molecule has 4 rings (SSSR count). The van der Waals surface area contributed by atoms with Crippen molar-refractivity contribution in [2.45, 2.75) is 25.7 Å². The summed E-state index contributed by atoms with van der Waals surface area (Å²) in [6, 6.07) is 8.86. The smallest absolute Gasteiger partial charge is 0.261 e. The number of ketones is 1. The highest BCUT2D eigenvalue weighted by atomic mass is 32.2. The van der Waals surface area contributed by atoms with Crippen LogP contribution in [0.2, 0.25) is 0 Å². The van der Waals surface area contributed by atoms with Gasteiger partial charge in [0.2, 0.25) is 11.6 Å². The van der Waals surface area contributed by atoms with E-state index in [2.05, 4.69) is 9.98 Å². The van der Waals surface area contributed by atoms with Crippen LogP contribution in [0.5, 0.6) is 0 Å². The molecule has 3 aliphatic rings. The fourth-order valence-electron chi connectivity index (χ4n) is 3.12. The van der Waals surface area contributed by atoms with Crippen LogP contribution in [0.3, 0.4) is 0 Å². The third kappa shape index (κ3) is 2.16. The Labute approximate surface area is 132 Å². The Morgan fingerprint density at radius 1 is 1.09 bits per heavy atom. The molecule has 22 heavy (non-hydrogen) atoms. The molecule has 0 saturated heterocycles. The number of carbonyl (C=O) groups is 2. The molecule has 0 saturated carbocycles. The Morgan fingerprint density at radius 3 is 2.68 bits per heavy atom. The number of Topliss-reactive ketones (excluding diaryl/α,β-unsaturated/α-hetero) is 1. The zero-order valence-electron chi connectivity index (χ0n) is 11.9. The molecule has 0 fully saturated rings. The molecule has 2 aliphatic heterocycles. The Morgan fingerprint density at radius 2 is 1.86 bits per heavy atom. The molecule has 2 heterocycles. The standard InChI is InChI=1S/C17H14N2O2S/c20-14(10-6-2-1-3-7-10)15-18-16(21)13-11-8-4-5-9-12(11)22-17(13)19-15/h1-3,6-7,13H,4-5,8-9H2. The molecule has 5 heteroatoms. The van der Waals surface area contributed by atoms with Crippen LogP contribution in [-0.2, 0) is 4.79 Å². The van der Waals surface area contributed by atoms with E-state index in [0.29, 0.717) is 5.56 Å². The number of amidine groups is 1. The van der Waals surface area contributed by atoms with Crippen molar-refractivity contribution in [1.82, 2.24) is 0 Å². The van der Waals surface area contributed by atoms with Gasteiger partial charge in [-0.15, -0.1) is 0 Å². The monoisotopic (exact) mass is 310 g/mol. The summed E-state index contributed by atoms with van der Waals surface area (Å²) in [6.45, 7) is 0. The lowest BCUT2D eigenvalue weighted by Gasteiger charge is -2.17. The quantitative estimate of drug-likeness (QED) is 0.787. The maximum atomic E-state index is 12.4. The van der Waals surface area contributed by atoms with E-state index < -0.39 is 0 Å². The van der Waals surface area contributed by atoms with Gasteiger partial charge in [-0.05, 0) is 36.2 Å². The van der Waals surface area contributed by atoms with E-state index in [1.807, 2.05) is 6.07 Å². The van der Waals surface area contributed by atoms with E-state index in [4.69, 9.17) is 0 Å². The molecule has 0 bridgehead atoms. The first-order chi connectivity index (χ1) is 10.7. The van der Waals surface area contributed by atoms with Gasteiger partial charge in [-0.3, -0.25) is 9.59 Å². The van der Waals surface area contributed by atoms with Crippen LogP contribution in [0.1, 0.15) is 36.0 Å². The first kappa shape index (κ1) is 13.6. The lowest BCUT2D eigenvalue weighted by Crippen LogP contribution is -2.29. The predicted octanol–water partition coefficient (Wildman–Crippen LogP) is 3.40. The maximum Gasteiger partial charge on any atom is 0.261 e. The zero-order valence-corrected chi connectivity index (χ0v) is 12.7. The Balaban J connectivity index is 1.67. The molecule has 110 valence electrons. The van der Waals surface area contributed by atoms with E-state index in [0.717, 1.165) is 30.7 Å². The molecular weight excluding hydrogens is 296 g/mol. The van der Waals surface area contributed by atoms with Crippen LogP contribution >= 0.6 is 11.8 Å². The van der Waals surface area contributed by atoms with Gasteiger partial charge in [0, 0.05) is 5.56 Å². The fraction of sp³-hybridized carbons (Fsp3) is 0.294. The molecule has 1 aromatic rings. The average molecular weight is 310 g/mol. The summed E-state index contributed by atoms with van der Waals surface area (Å²) in [4.78, 5) is 34.5. The summed E-state index contributed by atoms with van der Waals surface area (Å²) >= 11 is 1.57. The van der Waals surface area contributed by atoms with Crippen LogP contribution in [0.15, 0.2) is 50.8 Å². The Bertz CT molecular complexity index is 762. The minimum Gasteiger partial charge on any atom is -0.285 e. The van der Waals surface area contributed by atoms with Crippen molar-refractivity contribution in [3.8, 4) is 0 Å². The summed E-state index contributed by atoms with van der Waals surface area (Å²) in [7, 11) is 0. The summed E-state index contributed by atoms with van der Waals surface area (Å²) in [5.74, 6) is -0.809. The molecule has 1 aromatic carbocycles. The molecule has 1 atom stereocenters. The third-order valence-corrected chi connectivity index (χ3v) is 5.45. The van der Waals surface area contributed by atoms with E-state index in [-0.39, 0.29) is 23.4 Å². The van der Waals surface area contributed by atoms with Crippen molar-refractivity contribution in [3.63, 3.8) is 0 Å². The summed E-state index contributed by atoms with van der Waals surface area (Å²) in [5, 5.41) is 0.742. The van der Waals surface area contributed by atoms with Gasteiger partial charge >= 0.3 is 0 Å². The summed E-state index contributed by atoms with van der Waals surface area (Å²) in [5.41, 5.74) is 1.70. The normalized spacial score (nSPS) is 23.6. The highest BCUT2D eigenvalue weighted by Crippen LogP contribution is 2.47. The van der Waals surface area contributed by atoms with Crippen LogP contribution in [0.4, 0.5) is 0 Å². The molecule has 1 aliphatic carbocycles. The number of fused-ring (bicyclic) bond motifs is 2. The molecule has 1 amide bonds. The number of carbonyl (C=O) groups excluding carboxylic acids is 2. The van der Waals surface area contributed by atoms with Gasteiger partial charge < -0.3 is 0 Å². The minimum absolute atomic E-state index is 0.0230. The maximum absolute atomic E-state index is 12.4. The number of nitrogens with zero attached hydrogens (tertiary/aromatic N) is 2. The van der Waals surface area contributed by atoms with E-state index in [1.165, 1.54) is 10.5 Å². The largest absolute Gasteiger partial charge is 0.285 e. The van der Waals surface area contributed by atoms with Crippen molar-refractivity contribution >= 4 is 34.3 Å². The van der Waals surface area contributed by atoms with Gasteiger partial charge in [-0.25, -0.2) is 4.99 Å². The molecular formula is C17H14N2O2S. The van der Waals surface area contributed by atoms with Crippen molar-refractivity contribution in [2.75, 3.05) is 0 Å². The molecule has 1 unspecified atom stereocenters. The number of thioether (sulfide) groups is 1. The van der Waals surface area contributed by atoms with Crippen LogP contribution in [-0.4, -0.2) is 22.6 Å². The number of amides is 1. The number of rotatable bonds is 2. The van der Waals surface area contributed by atoms with Gasteiger partial charge in [0.1, 0.15) is 5.92 Å².